The van der Waals surface area contributed by atoms with Crippen molar-refractivity contribution in [1.82, 2.24) is 0 Å². The Morgan fingerprint density at radius 3 is 1.02 bits per heavy atom. The number of nitrogen functional groups attached to an aromatic ring is 2. The fourth-order valence-corrected chi connectivity index (χ4v) is 9.74. The van der Waals surface area contributed by atoms with Crippen LogP contribution >= 0.6 is 0 Å². The van der Waals surface area contributed by atoms with Crippen molar-refractivity contribution in [1.29, 1.82) is 0 Å². The molecular weight excluding hydrogens is 876 g/mol. The van der Waals surface area contributed by atoms with Crippen molar-refractivity contribution in [3.05, 3.63) is 97.1 Å². The van der Waals surface area contributed by atoms with Crippen molar-refractivity contribution in [2.75, 3.05) is 11.5 Å². The molecule has 0 aliphatic rings. The minimum atomic E-state index is -4.97. The summed E-state index contributed by atoms with van der Waals surface area (Å²) in [5, 5.41) is 14.0. The third kappa shape index (κ3) is 8.79. The van der Waals surface area contributed by atoms with E-state index in [1.165, 1.54) is 24.3 Å². The molecule has 0 atom stereocenters. The Morgan fingerprint density at radius 1 is 0.414 bits per heavy atom. The Kier molecular flexibility index (Phi) is 12.1. The van der Waals surface area contributed by atoms with Gasteiger partial charge in [0, 0.05) is 51.1 Å². The van der Waals surface area contributed by atoms with E-state index in [9.17, 15) is 60.3 Å². The van der Waals surface area contributed by atoms with Crippen LogP contribution in [0.4, 0.5) is 34.1 Å². The van der Waals surface area contributed by atoms with E-state index < -0.39 is 103 Å². The molecule has 6 rings (SSSR count). The Hall–Kier alpha value is -4.77. The van der Waals surface area contributed by atoms with Crippen molar-refractivity contribution in [2.45, 2.75) is 29.4 Å². The van der Waals surface area contributed by atoms with E-state index in [2.05, 4.69) is 20.5 Å². The second-order valence-electron chi connectivity index (χ2n) is 11.8. The topological polar surface area (TPSA) is 353 Å². The van der Waals surface area contributed by atoms with Crippen LogP contribution in [0.2, 0.25) is 0 Å². The number of sulfone groups is 1. The van der Waals surface area contributed by atoms with Gasteiger partial charge in [-0.1, -0.05) is 24.3 Å². The van der Waals surface area contributed by atoms with Crippen LogP contribution in [-0.2, 0) is 50.3 Å². The number of hydrogen-bond acceptors (Lipinski definition) is 16. The maximum Gasteiger partial charge on any atom is 0.295 e. The fourth-order valence-electron chi connectivity index (χ4n) is 5.61. The van der Waals surface area contributed by atoms with Crippen molar-refractivity contribution >= 4 is 136 Å². The number of fused-ring (bicyclic) bond motifs is 2. The third-order valence-electron chi connectivity index (χ3n) is 8.16. The maximum absolute atomic E-state index is 13.4. The molecule has 0 aromatic heterocycles. The molecule has 297 valence electrons. The van der Waals surface area contributed by atoms with E-state index in [1.54, 1.807) is 0 Å². The third-order valence-corrected chi connectivity index (χ3v) is 13.5. The van der Waals surface area contributed by atoms with Gasteiger partial charge in [-0.15, -0.1) is 10.2 Å². The minimum Gasteiger partial charge on any atom is -0.396 e. The van der Waals surface area contributed by atoms with Crippen molar-refractivity contribution < 1.29 is 60.3 Å². The predicted octanol–water partition coefficient (Wildman–Crippen LogP) is 5.43. The summed E-state index contributed by atoms with van der Waals surface area (Å²) in [5.41, 5.74) is 10.6. The first-order valence-electron chi connectivity index (χ1n) is 15.3. The van der Waals surface area contributed by atoms with Gasteiger partial charge < -0.3 is 11.5 Å². The standard InChI is InChI=1S/C32H24N6O14S5.Na/c33-31-23(15-27(56(47,48)49)21-3-1-5-25(29(21)31)54(41,42)43)37-35-17-7-11-19(12-8-17)53(39,40)20-13-9-18(10-14-20)36-38-24-16-28(57(50,51)52)22-4-2-6-26(55(44,45)46)30(22)32(24)34;/h1-16H,33-34H2,(H,41,42,43)(H,44,45,46)(H,47,48,49)(H,50,51,52);. The van der Waals surface area contributed by atoms with Gasteiger partial charge in [-0.05, 0) is 72.8 Å². The van der Waals surface area contributed by atoms with Crippen LogP contribution in [-0.4, -0.2) is 89.9 Å². The largest absolute Gasteiger partial charge is 0.396 e. The summed E-state index contributed by atoms with van der Waals surface area (Å²) in [4.78, 5) is -3.51. The summed E-state index contributed by atoms with van der Waals surface area (Å²) in [7, 11) is -24.0. The van der Waals surface area contributed by atoms with E-state index in [0.717, 1.165) is 72.8 Å². The van der Waals surface area contributed by atoms with Crippen LogP contribution in [0.3, 0.4) is 0 Å². The summed E-state index contributed by atoms with van der Waals surface area (Å²) >= 11 is 0. The number of benzene rings is 6. The van der Waals surface area contributed by atoms with Gasteiger partial charge in [-0.2, -0.15) is 43.9 Å². The molecule has 6 aromatic rings. The molecule has 26 heteroatoms. The molecule has 0 aliphatic carbocycles. The van der Waals surface area contributed by atoms with Crippen LogP contribution in [0.5, 0.6) is 0 Å². The molecule has 0 unspecified atom stereocenters. The van der Waals surface area contributed by atoms with Crippen LogP contribution in [0.15, 0.2) is 147 Å². The molecule has 6 aromatic carbocycles. The summed E-state index contributed by atoms with van der Waals surface area (Å²) in [6, 6.07) is 17.7. The molecule has 8 N–H and O–H groups in total. The quantitative estimate of drug-likeness (QED) is 0.0432. The zero-order chi connectivity index (χ0) is 41.9. The minimum absolute atomic E-state index is 0. The summed E-state index contributed by atoms with van der Waals surface area (Å²) in [5.74, 6) is 0. The predicted molar refractivity (Wildman–Crippen MR) is 208 cm³/mol. The number of nitrogens with two attached hydrogens (primary N) is 2. The molecule has 0 saturated heterocycles. The summed E-state index contributed by atoms with van der Waals surface area (Å²) in [6.45, 7) is 0. The maximum atomic E-state index is 13.4. The number of anilines is 2. The van der Waals surface area contributed by atoms with Crippen LogP contribution in [0.25, 0.3) is 21.5 Å². The van der Waals surface area contributed by atoms with E-state index in [0.29, 0.717) is 0 Å². The molecule has 20 nitrogen and oxygen atoms in total. The number of azo groups is 2. The first-order chi connectivity index (χ1) is 26.4. The van der Waals surface area contributed by atoms with Gasteiger partial charge in [0.1, 0.15) is 31.0 Å². The Morgan fingerprint density at radius 2 is 0.724 bits per heavy atom. The van der Waals surface area contributed by atoms with Crippen LogP contribution in [0, 0.1) is 0 Å². The second-order valence-corrected chi connectivity index (χ2v) is 19.3. The van der Waals surface area contributed by atoms with Gasteiger partial charge in [0.2, 0.25) is 9.84 Å². The molecule has 1 radical (unpaired) electrons. The van der Waals surface area contributed by atoms with Crippen molar-refractivity contribution in [3.8, 4) is 0 Å². The molecule has 0 spiro atoms. The summed E-state index contributed by atoms with van der Waals surface area (Å²) in [6.07, 6.45) is 0. The van der Waals surface area contributed by atoms with Gasteiger partial charge >= 0.3 is 0 Å². The van der Waals surface area contributed by atoms with Crippen LogP contribution < -0.4 is 11.5 Å². The summed E-state index contributed by atoms with van der Waals surface area (Å²) < 4.78 is 162. The molecule has 0 bridgehead atoms. The zero-order valence-electron chi connectivity index (χ0n) is 29.1. The smallest absolute Gasteiger partial charge is 0.295 e. The van der Waals surface area contributed by atoms with E-state index in [4.69, 9.17) is 11.5 Å². The normalized spacial score (nSPS) is 13.0. The van der Waals surface area contributed by atoms with Gasteiger partial charge in [0.05, 0.1) is 32.5 Å². The van der Waals surface area contributed by atoms with E-state index >= 15 is 0 Å². The van der Waals surface area contributed by atoms with Crippen LogP contribution in [0.1, 0.15) is 0 Å². The Balaban J connectivity index is 0.00000641. The van der Waals surface area contributed by atoms with Gasteiger partial charge in [0.15, 0.2) is 0 Å². The first kappa shape index (κ1) is 44.3. The van der Waals surface area contributed by atoms with Gasteiger partial charge in [0.25, 0.3) is 40.5 Å². The molecule has 0 fully saturated rings. The molecule has 0 heterocycles. The number of nitrogens with zero attached hydrogens (tertiary/aromatic N) is 4. The molecule has 0 amide bonds. The number of rotatable bonds is 10. The fraction of sp³-hybridized carbons (Fsp3) is 0. The average molecular weight is 900 g/mol. The van der Waals surface area contributed by atoms with Gasteiger partial charge in [-0.25, -0.2) is 8.42 Å². The molecular formula is C32H24N6NaO14S5. The molecule has 0 saturated carbocycles. The Labute approximate surface area is 351 Å². The Bertz CT molecular complexity index is 3090. The number of hydrogen-bond donors (Lipinski definition) is 6. The second kappa shape index (κ2) is 15.8. The van der Waals surface area contributed by atoms with E-state index in [1.807, 2.05) is 0 Å². The monoisotopic (exact) mass is 899 g/mol. The molecule has 58 heavy (non-hydrogen) atoms. The first-order valence-corrected chi connectivity index (χ1v) is 22.5. The van der Waals surface area contributed by atoms with Gasteiger partial charge in [-0.3, -0.25) is 18.2 Å². The van der Waals surface area contributed by atoms with Crippen molar-refractivity contribution in [3.63, 3.8) is 0 Å². The SMILES string of the molecule is Nc1c(N=Nc2ccc(S(=O)(=O)c3ccc(N=Nc4cc(S(=O)(=O)O)c5cccc(S(=O)(=O)O)c5c4N)cc3)cc2)cc(S(=O)(=O)O)c2cccc(S(=O)(=O)O)c12.[Na]. The van der Waals surface area contributed by atoms with Crippen molar-refractivity contribution in [2.24, 2.45) is 20.5 Å². The van der Waals surface area contributed by atoms with E-state index in [-0.39, 0.29) is 61.5 Å². The zero-order valence-corrected chi connectivity index (χ0v) is 35.2. The molecule has 0 aliphatic heterocycles. The average Bonchev–Trinajstić information content (AvgIpc) is 3.12.